The quantitative estimate of drug-likeness (QED) is 0.876. The van der Waals surface area contributed by atoms with Crippen molar-refractivity contribution in [2.45, 2.75) is 11.8 Å². The highest BCUT2D eigenvalue weighted by atomic mass is 32.2. The predicted molar refractivity (Wildman–Crippen MR) is 89.8 cm³/mol. The summed E-state index contributed by atoms with van der Waals surface area (Å²) in [5.41, 5.74) is 1.18. The Morgan fingerprint density at radius 2 is 1.83 bits per heavy atom. The van der Waals surface area contributed by atoms with Gasteiger partial charge in [0.1, 0.15) is 0 Å². The first kappa shape index (κ1) is 16.8. The van der Waals surface area contributed by atoms with Crippen LogP contribution < -0.4 is 5.32 Å². The molecule has 0 saturated carbocycles. The summed E-state index contributed by atoms with van der Waals surface area (Å²) in [6.45, 7) is 1.76. The van der Waals surface area contributed by atoms with Gasteiger partial charge >= 0.3 is 0 Å². The summed E-state index contributed by atoms with van der Waals surface area (Å²) in [6, 6.07) is 15.5. The van der Waals surface area contributed by atoms with E-state index in [0.717, 1.165) is 5.56 Å². The van der Waals surface area contributed by atoms with E-state index in [1.165, 1.54) is 12.1 Å². The maximum Gasteiger partial charge on any atom is 0.252 e. The average Bonchev–Trinajstić information content (AvgIpc) is 2.59. The fraction of sp³-hybridized carbons (Fsp3) is 0.167. The normalized spacial score (nSPS) is 10.5. The second kappa shape index (κ2) is 7.61. The summed E-state index contributed by atoms with van der Waals surface area (Å²) < 4.78 is 23.7. The van der Waals surface area contributed by atoms with Gasteiger partial charge in [0.2, 0.25) is 0 Å². The molecule has 0 aliphatic rings. The van der Waals surface area contributed by atoms with Crippen LogP contribution in [0.25, 0.3) is 0 Å². The molecule has 0 radical (unpaired) electrons. The van der Waals surface area contributed by atoms with Crippen molar-refractivity contribution in [2.75, 3.05) is 12.3 Å². The van der Waals surface area contributed by atoms with Gasteiger partial charge in [-0.1, -0.05) is 43.0 Å². The second-order valence-corrected chi connectivity index (χ2v) is 7.06. The van der Waals surface area contributed by atoms with Gasteiger partial charge in [-0.3, -0.25) is 4.79 Å². The molecule has 0 spiro atoms. The molecule has 1 amide bonds. The fourth-order valence-corrected chi connectivity index (χ4v) is 2.82. The standard InChI is InChI=1S/C18H17NO3S/c1-2-23(21,22)17-12-6-11-16(14-17)18(20)19-13-7-10-15-8-4-3-5-9-15/h3-6,8-9,11-12,14H,2,13H2,1H3,(H,19,20). The summed E-state index contributed by atoms with van der Waals surface area (Å²) >= 11 is 0. The molecule has 0 bridgehead atoms. The molecule has 2 rings (SSSR count). The second-order valence-electron chi connectivity index (χ2n) is 4.78. The van der Waals surface area contributed by atoms with Crippen molar-refractivity contribution in [3.8, 4) is 11.8 Å². The number of hydrogen-bond donors (Lipinski definition) is 1. The first-order chi connectivity index (χ1) is 11.0. The van der Waals surface area contributed by atoms with Gasteiger partial charge in [-0.15, -0.1) is 0 Å². The molecule has 0 unspecified atom stereocenters. The van der Waals surface area contributed by atoms with Gasteiger partial charge < -0.3 is 5.32 Å². The molecule has 0 heterocycles. The van der Waals surface area contributed by atoms with Crippen molar-refractivity contribution in [2.24, 2.45) is 0 Å². The topological polar surface area (TPSA) is 63.2 Å². The van der Waals surface area contributed by atoms with Gasteiger partial charge in [0, 0.05) is 11.1 Å². The van der Waals surface area contributed by atoms with Crippen molar-refractivity contribution in [1.29, 1.82) is 0 Å². The third kappa shape index (κ3) is 4.70. The van der Waals surface area contributed by atoms with Crippen molar-refractivity contribution < 1.29 is 13.2 Å². The van der Waals surface area contributed by atoms with Gasteiger partial charge in [-0.05, 0) is 30.3 Å². The van der Waals surface area contributed by atoms with Crippen LogP contribution in [-0.2, 0) is 9.84 Å². The third-order valence-corrected chi connectivity index (χ3v) is 4.91. The lowest BCUT2D eigenvalue weighted by atomic mass is 10.2. The summed E-state index contributed by atoms with van der Waals surface area (Å²) in [4.78, 5) is 12.2. The molecular formula is C18H17NO3S. The zero-order valence-electron chi connectivity index (χ0n) is 12.7. The number of rotatable bonds is 4. The molecule has 0 saturated heterocycles. The number of carbonyl (C=O) groups is 1. The van der Waals surface area contributed by atoms with Crippen LogP contribution in [0.15, 0.2) is 59.5 Å². The lowest BCUT2D eigenvalue weighted by Gasteiger charge is -2.05. The van der Waals surface area contributed by atoms with Crippen LogP contribution in [0.5, 0.6) is 0 Å². The predicted octanol–water partition coefficient (Wildman–Crippen LogP) is 2.26. The summed E-state index contributed by atoms with van der Waals surface area (Å²) in [5.74, 6) is 5.45. The molecule has 0 atom stereocenters. The lowest BCUT2D eigenvalue weighted by Crippen LogP contribution is -2.23. The van der Waals surface area contributed by atoms with Crippen LogP contribution >= 0.6 is 0 Å². The maximum absolute atomic E-state index is 12.0. The van der Waals surface area contributed by atoms with Crippen LogP contribution in [0, 0.1) is 11.8 Å². The summed E-state index contributed by atoms with van der Waals surface area (Å²) in [6.07, 6.45) is 0. The van der Waals surface area contributed by atoms with Crippen LogP contribution in [0.3, 0.4) is 0 Å². The fourth-order valence-electron chi connectivity index (χ4n) is 1.89. The van der Waals surface area contributed by atoms with Gasteiger partial charge in [0.05, 0.1) is 17.2 Å². The van der Waals surface area contributed by atoms with Gasteiger partial charge in [0.15, 0.2) is 9.84 Å². The molecule has 5 heteroatoms. The Kier molecular flexibility index (Phi) is 5.56. The first-order valence-electron chi connectivity index (χ1n) is 7.18. The molecular weight excluding hydrogens is 310 g/mol. The number of carbonyl (C=O) groups excluding carboxylic acids is 1. The van der Waals surface area contributed by atoms with Gasteiger partial charge in [0.25, 0.3) is 5.91 Å². The van der Waals surface area contributed by atoms with E-state index in [-0.39, 0.29) is 23.1 Å². The largest absolute Gasteiger partial charge is 0.341 e. The Morgan fingerprint density at radius 1 is 1.09 bits per heavy atom. The van der Waals surface area contributed by atoms with E-state index in [2.05, 4.69) is 17.2 Å². The van der Waals surface area contributed by atoms with Crippen molar-refractivity contribution in [3.63, 3.8) is 0 Å². The Bertz CT molecular complexity index is 847. The molecule has 0 aliphatic heterocycles. The Morgan fingerprint density at radius 3 is 2.52 bits per heavy atom. The SMILES string of the molecule is CCS(=O)(=O)c1cccc(C(=O)NCC#Cc2ccccc2)c1. The summed E-state index contributed by atoms with van der Waals surface area (Å²) in [5, 5.41) is 2.66. The van der Waals surface area contributed by atoms with Crippen LogP contribution in [0.2, 0.25) is 0 Å². The Labute approximate surface area is 136 Å². The number of sulfone groups is 1. The van der Waals surface area contributed by atoms with Crippen molar-refractivity contribution in [1.82, 2.24) is 5.32 Å². The molecule has 118 valence electrons. The minimum absolute atomic E-state index is 0.000619. The van der Waals surface area contributed by atoms with Gasteiger partial charge in [-0.25, -0.2) is 8.42 Å². The third-order valence-electron chi connectivity index (χ3n) is 3.18. The summed E-state index contributed by atoms with van der Waals surface area (Å²) in [7, 11) is -3.32. The minimum Gasteiger partial charge on any atom is -0.341 e. The molecule has 0 aromatic heterocycles. The lowest BCUT2D eigenvalue weighted by molar-refractivity contribution is 0.0958. The van der Waals surface area contributed by atoms with Crippen LogP contribution in [-0.4, -0.2) is 26.6 Å². The molecule has 2 aromatic carbocycles. The smallest absolute Gasteiger partial charge is 0.252 e. The molecule has 2 aromatic rings. The Balaban J connectivity index is 2.02. The molecule has 0 fully saturated rings. The van der Waals surface area contributed by atoms with E-state index in [1.807, 2.05) is 30.3 Å². The Hall–Kier alpha value is -2.58. The van der Waals surface area contributed by atoms with E-state index in [1.54, 1.807) is 19.1 Å². The monoisotopic (exact) mass is 327 g/mol. The van der Waals surface area contributed by atoms with Crippen molar-refractivity contribution >= 4 is 15.7 Å². The van der Waals surface area contributed by atoms with E-state index < -0.39 is 9.84 Å². The highest BCUT2D eigenvalue weighted by Gasteiger charge is 2.13. The van der Waals surface area contributed by atoms with Crippen LogP contribution in [0.1, 0.15) is 22.8 Å². The van der Waals surface area contributed by atoms with Crippen LogP contribution in [0.4, 0.5) is 0 Å². The average molecular weight is 327 g/mol. The minimum atomic E-state index is -3.32. The van der Waals surface area contributed by atoms with E-state index >= 15 is 0 Å². The first-order valence-corrected chi connectivity index (χ1v) is 8.83. The maximum atomic E-state index is 12.0. The van der Waals surface area contributed by atoms with Gasteiger partial charge in [-0.2, -0.15) is 0 Å². The zero-order valence-corrected chi connectivity index (χ0v) is 13.6. The molecule has 4 nitrogen and oxygen atoms in total. The zero-order chi connectivity index (χ0) is 16.7. The highest BCUT2D eigenvalue weighted by Crippen LogP contribution is 2.13. The van der Waals surface area contributed by atoms with E-state index in [9.17, 15) is 13.2 Å². The van der Waals surface area contributed by atoms with E-state index in [4.69, 9.17) is 0 Å². The highest BCUT2D eigenvalue weighted by molar-refractivity contribution is 7.91. The molecule has 23 heavy (non-hydrogen) atoms. The van der Waals surface area contributed by atoms with E-state index in [0.29, 0.717) is 5.56 Å². The molecule has 1 N–H and O–H groups in total. The van der Waals surface area contributed by atoms with Crippen molar-refractivity contribution in [3.05, 3.63) is 65.7 Å². The molecule has 0 aliphatic carbocycles. The number of hydrogen-bond acceptors (Lipinski definition) is 3. The number of amides is 1. The number of benzene rings is 2. The number of nitrogens with one attached hydrogen (secondary N) is 1.